The van der Waals surface area contributed by atoms with Gasteiger partial charge in [-0.3, -0.25) is 14.2 Å². The molecule has 4 rings (SSSR count). The topological polar surface area (TPSA) is 90.9 Å². The fourth-order valence-electron chi connectivity index (χ4n) is 3.82. The molecule has 2 aromatic heterocycles. The highest BCUT2D eigenvalue weighted by molar-refractivity contribution is 5.76. The number of nitrogens with one attached hydrogen (secondary N) is 1. The monoisotopic (exact) mass is 463 g/mol. The van der Waals surface area contributed by atoms with Crippen molar-refractivity contribution in [3.05, 3.63) is 98.7 Å². The second kappa shape index (κ2) is 9.86. The van der Waals surface area contributed by atoms with Crippen molar-refractivity contribution in [2.75, 3.05) is 0 Å². The van der Waals surface area contributed by atoms with E-state index in [1.165, 1.54) is 16.7 Å². The number of benzene rings is 2. The molecule has 2 aromatic carbocycles. The zero-order chi connectivity index (χ0) is 24.2. The van der Waals surface area contributed by atoms with E-state index in [-0.39, 0.29) is 30.3 Å². The molecule has 8 nitrogen and oxygen atoms in total. The smallest absolute Gasteiger partial charge is 0.333 e. The molecule has 1 amide bonds. The fourth-order valence-corrected chi connectivity index (χ4v) is 3.82. The minimum absolute atomic E-state index is 0.152. The summed E-state index contributed by atoms with van der Waals surface area (Å²) in [6.45, 7) is 4.52. The first-order valence-corrected chi connectivity index (χ1v) is 11.1. The number of halogens is 1. The van der Waals surface area contributed by atoms with Gasteiger partial charge in [0.15, 0.2) is 11.2 Å². The summed E-state index contributed by atoms with van der Waals surface area (Å²) in [5, 5.41) is 2.69. The lowest BCUT2D eigenvalue weighted by atomic mass is 10.2. The van der Waals surface area contributed by atoms with E-state index in [9.17, 15) is 18.8 Å². The molecule has 0 radical (unpaired) electrons. The second-order valence-corrected chi connectivity index (χ2v) is 8.61. The van der Waals surface area contributed by atoms with Crippen molar-refractivity contribution in [3.8, 4) is 0 Å². The predicted molar refractivity (Wildman–Crippen MR) is 127 cm³/mol. The molecule has 34 heavy (non-hydrogen) atoms. The van der Waals surface area contributed by atoms with Gasteiger partial charge < -0.3 is 9.88 Å². The lowest BCUT2D eigenvalue weighted by Gasteiger charge is -2.13. The lowest BCUT2D eigenvalue weighted by Crippen LogP contribution is -2.44. The molecule has 0 aliphatic rings. The Kier molecular flexibility index (Phi) is 6.72. The van der Waals surface area contributed by atoms with Crippen LogP contribution in [0.15, 0.2) is 70.5 Å². The third-order valence-corrected chi connectivity index (χ3v) is 5.43. The lowest BCUT2D eigenvalue weighted by molar-refractivity contribution is -0.121. The number of hydrogen-bond donors (Lipinski definition) is 1. The van der Waals surface area contributed by atoms with Crippen molar-refractivity contribution in [2.45, 2.75) is 40.0 Å². The van der Waals surface area contributed by atoms with Crippen molar-refractivity contribution in [1.29, 1.82) is 0 Å². The van der Waals surface area contributed by atoms with Crippen LogP contribution in [0, 0.1) is 11.7 Å². The Morgan fingerprint density at radius 2 is 1.71 bits per heavy atom. The average molecular weight is 464 g/mol. The number of hydrogen-bond acceptors (Lipinski definition) is 4. The van der Waals surface area contributed by atoms with Crippen LogP contribution in [-0.4, -0.2) is 24.6 Å². The quantitative estimate of drug-likeness (QED) is 0.435. The van der Waals surface area contributed by atoms with Crippen molar-refractivity contribution in [3.63, 3.8) is 0 Å². The third-order valence-electron chi connectivity index (χ3n) is 5.43. The summed E-state index contributed by atoms with van der Waals surface area (Å²) in [5.41, 5.74) is 0.995. The molecule has 0 aliphatic carbocycles. The van der Waals surface area contributed by atoms with Crippen LogP contribution in [0.4, 0.5) is 4.39 Å². The van der Waals surface area contributed by atoms with Gasteiger partial charge >= 0.3 is 5.69 Å². The molecule has 1 N–H and O–H groups in total. The Morgan fingerprint density at radius 3 is 2.38 bits per heavy atom. The van der Waals surface area contributed by atoms with E-state index in [0.717, 1.165) is 10.1 Å². The van der Waals surface area contributed by atoms with Crippen LogP contribution < -0.4 is 16.6 Å². The van der Waals surface area contributed by atoms with E-state index >= 15 is 0 Å². The van der Waals surface area contributed by atoms with Gasteiger partial charge in [0.2, 0.25) is 5.91 Å². The summed E-state index contributed by atoms with van der Waals surface area (Å²) in [5.74, 6) is -0.616. The summed E-state index contributed by atoms with van der Waals surface area (Å²) in [6.07, 6.45) is 1.56. The molecule has 2 heterocycles. The zero-order valence-electron chi connectivity index (χ0n) is 19.1. The van der Waals surface area contributed by atoms with E-state index in [4.69, 9.17) is 0 Å². The number of carbonyl (C=O) groups excluding carboxylic acids is 1. The van der Waals surface area contributed by atoms with E-state index < -0.39 is 23.7 Å². The summed E-state index contributed by atoms with van der Waals surface area (Å²) >= 11 is 0. The molecule has 0 unspecified atom stereocenters. The first kappa shape index (κ1) is 23.2. The van der Waals surface area contributed by atoms with Gasteiger partial charge in [-0.25, -0.2) is 18.7 Å². The molecule has 4 aromatic rings. The number of carbonyl (C=O) groups is 1. The highest BCUT2D eigenvalue weighted by atomic mass is 19.1. The van der Waals surface area contributed by atoms with Gasteiger partial charge in [-0.15, -0.1) is 0 Å². The van der Waals surface area contributed by atoms with Gasteiger partial charge in [-0.2, -0.15) is 0 Å². The molecular weight excluding hydrogens is 437 g/mol. The van der Waals surface area contributed by atoms with E-state index in [1.807, 2.05) is 44.2 Å². The Labute approximate surface area is 195 Å². The Hall–Kier alpha value is -4.01. The molecule has 9 heteroatoms. The van der Waals surface area contributed by atoms with Gasteiger partial charge in [0.05, 0.1) is 12.9 Å². The highest BCUT2D eigenvalue weighted by Gasteiger charge is 2.20. The van der Waals surface area contributed by atoms with Crippen LogP contribution in [0.25, 0.3) is 11.2 Å². The largest absolute Gasteiger partial charge is 0.350 e. The van der Waals surface area contributed by atoms with Gasteiger partial charge in [-0.05, 0) is 29.2 Å². The summed E-state index contributed by atoms with van der Waals surface area (Å²) in [7, 11) is 0. The Balaban J connectivity index is 1.71. The van der Waals surface area contributed by atoms with Crippen LogP contribution in [0.5, 0.6) is 0 Å². The maximum Gasteiger partial charge on any atom is 0.333 e. The highest BCUT2D eigenvalue weighted by Crippen LogP contribution is 2.12. The van der Waals surface area contributed by atoms with Crippen LogP contribution in [0.3, 0.4) is 0 Å². The molecule has 176 valence electrons. The fraction of sp³-hybridized carbons (Fsp3) is 0.280. The van der Waals surface area contributed by atoms with Gasteiger partial charge in [0.25, 0.3) is 5.56 Å². The molecule has 0 fully saturated rings. The minimum atomic E-state index is -0.604. The maximum absolute atomic E-state index is 13.3. The summed E-state index contributed by atoms with van der Waals surface area (Å²) in [4.78, 5) is 43.7. The number of amides is 1. The first-order chi connectivity index (χ1) is 16.3. The molecule has 0 atom stereocenters. The second-order valence-electron chi connectivity index (χ2n) is 8.61. The number of nitrogens with zero attached hydrogens (tertiary/aromatic N) is 4. The minimum Gasteiger partial charge on any atom is -0.350 e. The van der Waals surface area contributed by atoms with Gasteiger partial charge in [0.1, 0.15) is 12.4 Å². The predicted octanol–water partition coefficient (Wildman–Crippen LogP) is 2.52. The van der Waals surface area contributed by atoms with Gasteiger partial charge in [-0.1, -0.05) is 56.3 Å². The number of imidazole rings is 1. The van der Waals surface area contributed by atoms with Crippen LogP contribution in [-0.2, 0) is 31.0 Å². The van der Waals surface area contributed by atoms with Crippen molar-refractivity contribution in [2.24, 2.45) is 5.92 Å². The van der Waals surface area contributed by atoms with Crippen LogP contribution in [0.1, 0.15) is 25.0 Å². The van der Waals surface area contributed by atoms with Crippen molar-refractivity contribution < 1.29 is 9.18 Å². The Bertz CT molecular complexity index is 1420. The van der Waals surface area contributed by atoms with E-state index in [2.05, 4.69) is 10.3 Å². The van der Waals surface area contributed by atoms with Crippen molar-refractivity contribution >= 4 is 17.1 Å². The van der Waals surface area contributed by atoms with E-state index in [0.29, 0.717) is 17.8 Å². The normalized spacial score (nSPS) is 11.3. The first-order valence-electron chi connectivity index (χ1n) is 11.1. The average Bonchev–Trinajstić information content (AvgIpc) is 3.22. The molecule has 0 spiro atoms. The summed E-state index contributed by atoms with van der Waals surface area (Å²) in [6, 6.07) is 15.1. The molecule has 0 bridgehead atoms. The van der Waals surface area contributed by atoms with Gasteiger partial charge in [0, 0.05) is 13.1 Å². The van der Waals surface area contributed by atoms with E-state index in [1.54, 1.807) is 23.0 Å². The molecule has 0 aliphatic heterocycles. The van der Waals surface area contributed by atoms with Crippen LogP contribution in [0.2, 0.25) is 0 Å². The van der Waals surface area contributed by atoms with Crippen LogP contribution >= 0.6 is 0 Å². The zero-order valence-corrected chi connectivity index (χ0v) is 19.1. The number of fused-ring (bicyclic) bond motifs is 1. The third kappa shape index (κ3) is 4.98. The number of rotatable bonds is 8. The standard InChI is InChI=1S/C25H26FN5O3/c1-17(2)13-29-16-28-23-22(29)24(33)31(25(34)30(23)14-19-6-4-3-5-7-19)15-21(32)27-12-18-8-10-20(26)11-9-18/h3-11,16-17H,12-15H2,1-2H3,(H,27,32). The SMILES string of the molecule is CC(C)Cn1cnc2c1c(=O)n(CC(=O)NCc1ccc(F)cc1)c(=O)n2Cc1ccccc1. The maximum atomic E-state index is 13.3. The molecule has 0 saturated carbocycles. The Morgan fingerprint density at radius 1 is 1.00 bits per heavy atom. The molecule has 0 saturated heterocycles. The van der Waals surface area contributed by atoms with Crippen molar-refractivity contribution in [1.82, 2.24) is 24.0 Å². The number of aromatic nitrogens is 4. The summed E-state index contributed by atoms with van der Waals surface area (Å²) < 4.78 is 17.2. The molecular formula is C25H26FN5O3.